The summed E-state index contributed by atoms with van der Waals surface area (Å²) in [5, 5.41) is 68.2. The molecular weight excluding hydrogens is 396 g/mol. The number of aromatic carboxylic acids is 1. The molecule has 2 aliphatic heterocycles. The van der Waals surface area contributed by atoms with Crippen molar-refractivity contribution < 1.29 is 59.5 Å². The van der Waals surface area contributed by atoms with Crippen LogP contribution >= 0.6 is 0 Å². The molecule has 2 fully saturated rings. The third kappa shape index (κ3) is 4.29. The van der Waals surface area contributed by atoms with Gasteiger partial charge in [0.25, 0.3) is 0 Å². The number of benzene rings is 1. The van der Waals surface area contributed by atoms with E-state index < -0.39 is 73.1 Å². The summed E-state index contributed by atoms with van der Waals surface area (Å²) in [6.45, 7) is -1.57. The van der Waals surface area contributed by atoms with Gasteiger partial charge in [0.2, 0.25) is 6.29 Å². The SMILES string of the molecule is O=C(O)c1cc(O[C@@H]2OC[C@@H](O)[C@H](O)[C@H]2O[C@@H]2OC[C@](O)(CO)[C@H]2O)ccc1O. The maximum absolute atomic E-state index is 11.1. The summed E-state index contributed by atoms with van der Waals surface area (Å²) >= 11 is 0. The Morgan fingerprint density at radius 1 is 1.21 bits per heavy atom. The van der Waals surface area contributed by atoms with E-state index in [0.29, 0.717) is 0 Å². The Morgan fingerprint density at radius 2 is 1.93 bits per heavy atom. The zero-order valence-corrected chi connectivity index (χ0v) is 15.0. The minimum absolute atomic E-state index is 0.0397. The fourth-order valence-electron chi connectivity index (χ4n) is 2.97. The van der Waals surface area contributed by atoms with Crippen molar-refractivity contribution in [3.05, 3.63) is 23.8 Å². The normalized spacial score (nSPS) is 37.4. The Hall–Kier alpha value is -2.03. The van der Waals surface area contributed by atoms with E-state index in [9.17, 15) is 35.4 Å². The third-order valence-electron chi connectivity index (χ3n) is 4.75. The Balaban J connectivity index is 1.78. The molecular formula is C17H22O12. The van der Waals surface area contributed by atoms with Crippen molar-refractivity contribution in [2.45, 2.75) is 42.6 Å². The molecule has 12 nitrogen and oxygen atoms in total. The first-order valence-electron chi connectivity index (χ1n) is 8.65. The highest BCUT2D eigenvalue weighted by molar-refractivity contribution is 5.91. The van der Waals surface area contributed by atoms with Gasteiger partial charge in [0.15, 0.2) is 12.4 Å². The molecule has 1 aromatic rings. The maximum atomic E-state index is 11.1. The second-order valence-electron chi connectivity index (χ2n) is 6.85. The molecule has 0 aliphatic carbocycles. The topological polar surface area (TPSA) is 196 Å². The Morgan fingerprint density at radius 3 is 2.55 bits per heavy atom. The number of ether oxygens (including phenoxy) is 4. The van der Waals surface area contributed by atoms with Gasteiger partial charge >= 0.3 is 5.97 Å². The van der Waals surface area contributed by atoms with Crippen molar-refractivity contribution >= 4 is 5.97 Å². The zero-order valence-electron chi connectivity index (χ0n) is 15.0. The largest absolute Gasteiger partial charge is 0.507 e. The fraction of sp³-hybridized carbons (Fsp3) is 0.588. The van der Waals surface area contributed by atoms with Crippen LogP contribution in [0.25, 0.3) is 0 Å². The number of hydrogen-bond acceptors (Lipinski definition) is 11. The summed E-state index contributed by atoms with van der Waals surface area (Å²) in [4.78, 5) is 11.1. The molecule has 0 aromatic heterocycles. The molecule has 7 N–H and O–H groups in total. The molecule has 29 heavy (non-hydrogen) atoms. The number of rotatable bonds is 6. The molecule has 0 unspecified atom stereocenters. The molecule has 2 saturated heterocycles. The molecule has 2 heterocycles. The molecule has 12 heteroatoms. The van der Waals surface area contributed by atoms with Crippen LogP contribution < -0.4 is 4.74 Å². The average Bonchev–Trinajstić information content (AvgIpc) is 2.97. The summed E-state index contributed by atoms with van der Waals surface area (Å²) in [5.74, 6) is -1.92. The van der Waals surface area contributed by atoms with E-state index in [2.05, 4.69) is 0 Å². The van der Waals surface area contributed by atoms with Crippen LogP contribution in [0.15, 0.2) is 18.2 Å². The molecule has 0 radical (unpaired) electrons. The van der Waals surface area contributed by atoms with Crippen molar-refractivity contribution in [2.75, 3.05) is 19.8 Å². The average molecular weight is 418 g/mol. The number of carbonyl (C=O) groups is 1. The van der Waals surface area contributed by atoms with Gasteiger partial charge in [0.05, 0.1) is 19.8 Å². The molecule has 0 spiro atoms. The van der Waals surface area contributed by atoms with E-state index in [0.717, 1.165) is 12.1 Å². The first-order valence-corrected chi connectivity index (χ1v) is 8.65. The van der Waals surface area contributed by atoms with E-state index in [1.165, 1.54) is 6.07 Å². The lowest BCUT2D eigenvalue weighted by atomic mass is 10.0. The number of aliphatic hydroxyl groups excluding tert-OH is 4. The zero-order chi connectivity index (χ0) is 21.3. The van der Waals surface area contributed by atoms with E-state index >= 15 is 0 Å². The lowest BCUT2D eigenvalue weighted by Crippen LogP contribution is -2.58. The summed E-state index contributed by atoms with van der Waals surface area (Å²) in [6.07, 6.45) is -8.81. The quantitative estimate of drug-likeness (QED) is 0.254. The van der Waals surface area contributed by atoms with Crippen LogP contribution in [-0.4, -0.2) is 104 Å². The molecule has 0 saturated carbocycles. The predicted molar refractivity (Wildman–Crippen MR) is 90.1 cm³/mol. The lowest BCUT2D eigenvalue weighted by molar-refractivity contribution is -0.297. The summed E-state index contributed by atoms with van der Waals surface area (Å²) < 4.78 is 21.4. The predicted octanol–water partition coefficient (Wildman–Crippen LogP) is -2.63. The van der Waals surface area contributed by atoms with Crippen molar-refractivity contribution in [3.63, 3.8) is 0 Å². The number of aliphatic hydroxyl groups is 5. The fourth-order valence-corrected chi connectivity index (χ4v) is 2.97. The van der Waals surface area contributed by atoms with Crippen LogP contribution in [0.3, 0.4) is 0 Å². The molecule has 0 amide bonds. The third-order valence-corrected chi connectivity index (χ3v) is 4.75. The van der Waals surface area contributed by atoms with E-state index in [1.54, 1.807) is 0 Å². The van der Waals surface area contributed by atoms with Crippen molar-refractivity contribution in [2.24, 2.45) is 0 Å². The second-order valence-corrected chi connectivity index (χ2v) is 6.85. The molecule has 162 valence electrons. The monoisotopic (exact) mass is 418 g/mol. The number of hydrogen-bond donors (Lipinski definition) is 7. The Kier molecular flexibility index (Phi) is 6.26. The van der Waals surface area contributed by atoms with Gasteiger partial charge in [-0.25, -0.2) is 4.79 Å². The van der Waals surface area contributed by atoms with Gasteiger partial charge in [-0.1, -0.05) is 0 Å². The van der Waals surface area contributed by atoms with E-state index in [-0.39, 0.29) is 12.4 Å². The standard InChI is InChI=1S/C17H22O12/c18-5-17(25)6-27-16(13(17)22)29-12-11(21)10(20)4-26-15(12)28-7-1-2-9(19)8(3-7)14(23)24/h1-3,10-13,15-16,18-22,25H,4-6H2,(H,23,24)/t10-,11+,12-,13+,15+,16+,17-/m1/s1. The first-order chi connectivity index (χ1) is 13.7. The first kappa shape index (κ1) is 21.7. The minimum atomic E-state index is -1.96. The molecule has 7 atom stereocenters. The summed E-state index contributed by atoms with van der Waals surface area (Å²) in [5.41, 5.74) is -2.40. The van der Waals surface area contributed by atoms with Crippen LogP contribution in [0.2, 0.25) is 0 Å². The highest BCUT2D eigenvalue weighted by Crippen LogP contribution is 2.31. The van der Waals surface area contributed by atoms with Gasteiger partial charge in [0.1, 0.15) is 41.0 Å². The highest BCUT2D eigenvalue weighted by atomic mass is 16.8. The Bertz CT molecular complexity index is 741. The van der Waals surface area contributed by atoms with Crippen molar-refractivity contribution in [1.29, 1.82) is 0 Å². The second kappa shape index (κ2) is 8.38. The molecule has 0 bridgehead atoms. The van der Waals surface area contributed by atoms with E-state index in [1.807, 2.05) is 0 Å². The van der Waals surface area contributed by atoms with Gasteiger partial charge in [-0.3, -0.25) is 0 Å². The van der Waals surface area contributed by atoms with Crippen LogP contribution in [-0.2, 0) is 14.2 Å². The van der Waals surface area contributed by atoms with Crippen LogP contribution in [0.1, 0.15) is 10.4 Å². The number of carboxylic acids is 1. The van der Waals surface area contributed by atoms with Crippen molar-refractivity contribution in [1.82, 2.24) is 0 Å². The number of aromatic hydroxyl groups is 1. The van der Waals surface area contributed by atoms with Crippen LogP contribution in [0, 0.1) is 0 Å². The molecule has 2 aliphatic rings. The number of phenols is 1. The van der Waals surface area contributed by atoms with Gasteiger partial charge < -0.3 is 54.7 Å². The summed E-state index contributed by atoms with van der Waals surface area (Å²) in [7, 11) is 0. The van der Waals surface area contributed by atoms with Gasteiger partial charge in [-0.05, 0) is 18.2 Å². The molecule has 1 aromatic carbocycles. The number of carboxylic acid groups (broad SMARTS) is 1. The van der Waals surface area contributed by atoms with Gasteiger partial charge in [0, 0.05) is 0 Å². The maximum Gasteiger partial charge on any atom is 0.339 e. The minimum Gasteiger partial charge on any atom is -0.507 e. The van der Waals surface area contributed by atoms with E-state index in [4.69, 9.17) is 24.1 Å². The lowest BCUT2D eigenvalue weighted by Gasteiger charge is -2.39. The van der Waals surface area contributed by atoms with Crippen LogP contribution in [0.5, 0.6) is 11.5 Å². The Labute approximate surface area is 164 Å². The molecule has 3 rings (SSSR count). The van der Waals surface area contributed by atoms with Gasteiger partial charge in [-0.15, -0.1) is 0 Å². The van der Waals surface area contributed by atoms with Crippen LogP contribution in [0.4, 0.5) is 0 Å². The highest BCUT2D eigenvalue weighted by Gasteiger charge is 2.52. The smallest absolute Gasteiger partial charge is 0.339 e. The van der Waals surface area contributed by atoms with Crippen molar-refractivity contribution in [3.8, 4) is 11.5 Å². The summed E-state index contributed by atoms with van der Waals surface area (Å²) in [6, 6.07) is 3.37. The van der Waals surface area contributed by atoms with Gasteiger partial charge in [-0.2, -0.15) is 0 Å².